The van der Waals surface area contributed by atoms with Gasteiger partial charge in [-0.1, -0.05) is 20.8 Å². The summed E-state index contributed by atoms with van der Waals surface area (Å²) < 4.78 is 0. The number of hydrogen-bond donors (Lipinski definition) is 3. The van der Waals surface area contributed by atoms with Gasteiger partial charge in [0.1, 0.15) is 0 Å². The van der Waals surface area contributed by atoms with Gasteiger partial charge in [0, 0.05) is 19.1 Å². The van der Waals surface area contributed by atoms with Gasteiger partial charge in [0.05, 0.1) is 5.92 Å². The summed E-state index contributed by atoms with van der Waals surface area (Å²) in [6.07, 6.45) is 0.628. The number of carbonyl (C=O) groups is 2. The first kappa shape index (κ1) is 14.9. The summed E-state index contributed by atoms with van der Waals surface area (Å²) in [4.78, 5) is 22.2. The Morgan fingerprint density at radius 1 is 1.19 bits per heavy atom. The van der Waals surface area contributed by atoms with E-state index in [1.54, 1.807) is 6.92 Å². The van der Waals surface area contributed by atoms with Crippen LogP contribution in [0, 0.1) is 17.8 Å². The number of aliphatic hydroxyl groups is 1. The number of nitrogens with one attached hydrogen (secondary N) is 1. The number of aliphatic hydroxyl groups excluding tert-OH is 1. The normalized spacial score (nSPS) is 16.2. The Morgan fingerprint density at radius 2 is 1.75 bits per heavy atom. The van der Waals surface area contributed by atoms with Crippen LogP contribution in [0.2, 0.25) is 0 Å². The van der Waals surface area contributed by atoms with Crippen molar-refractivity contribution in [2.24, 2.45) is 17.8 Å². The number of rotatable bonds is 7. The Balaban J connectivity index is 4.01. The van der Waals surface area contributed by atoms with Gasteiger partial charge in [-0.3, -0.25) is 9.59 Å². The van der Waals surface area contributed by atoms with Crippen molar-refractivity contribution in [1.82, 2.24) is 5.32 Å². The van der Waals surface area contributed by atoms with Crippen LogP contribution >= 0.6 is 0 Å². The molecule has 0 saturated heterocycles. The van der Waals surface area contributed by atoms with Crippen LogP contribution in [0.15, 0.2) is 0 Å². The molecule has 5 heteroatoms. The molecule has 0 spiro atoms. The molecule has 0 aromatic carbocycles. The number of carboxylic acids is 1. The molecular formula is C11H21NO4. The van der Waals surface area contributed by atoms with Gasteiger partial charge in [0.25, 0.3) is 0 Å². The largest absolute Gasteiger partial charge is 0.481 e. The van der Waals surface area contributed by atoms with Crippen LogP contribution in [0.25, 0.3) is 0 Å². The molecule has 0 radical (unpaired) electrons. The van der Waals surface area contributed by atoms with Crippen LogP contribution in [-0.4, -0.2) is 35.2 Å². The third-order valence-corrected chi connectivity index (χ3v) is 2.80. The maximum absolute atomic E-state index is 11.6. The highest BCUT2D eigenvalue weighted by Crippen LogP contribution is 2.11. The summed E-state index contributed by atoms with van der Waals surface area (Å²) >= 11 is 0. The van der Waals surface area contributed by atoms with Gasteiger partial charge >= 0.3 is 5.97 Å². The summed E-state index contributed by atoms with van der Waals surface area (Å²) in [5.41, 5.74) is 0. The van der Waals surface area contributed by atoms with Crippen molar-refractivity contribution in [3.8, 4) is 0 Å². The van der Waals surface area contributed by atoms with E-state index >= 15 is 0 Å². The van der Waals surface area contributed by atoms with Crippen molar-refractivity contribution < 1.29 is 19.8 Å². The molecular weight excluding hydrogens is 210 g/mol. The molecule has 3 atom stereocenters. The molecule has 0 aliphatic carbocycles. The second kappa shape index (κ2) is 7.22. The van der Waals surface area contributed by atoms with E-state index in [-0.39, 0.29) is 18.4 Å². The van der Waals surface area contributed by atoms with Gasteiger partial charge < -0.3 is 15.5 Å². The summed E-state index contributed by atoms with van der Waals surface area (Å²) in [5.74, 6) is -2.25. The Hall–Kier alpha value is -1.10. The van der Waals surface area contributed by atoms with Crippen LogP contribution in [0.1, 0.15) is 27.2 Å². The molecule has 0 aromatic rings. The van der Waals surface area contributed by atoms with E-state index in [2.05, 4.69) is 5.32 Å². The third-order valence-electron chi connectivity index (χ3n) is 2.80. The van der Waals surface area contributed by atoms with Crippen LogP contribution in [0.3, 0.4) is 0 Å². The van der Waals surface area contributed by atoms with Crippen molar-refractivity contribution in [2.75, 3.05) is 13.2 Å². The van der Waals surface area contributed by atoms with Gasteiger partial charge in [0.2, 0.25) is 5.91 Å². The van der Waals surface area contributed by atoms with E-state index in [9.17, 15) is 9.59 Å². The highest BCUT2D eigenvalue weighted by atomic mass is 16.4. The summed E-state index contributed by atoms with van der Waals surface area (Å²) in [5, 5.41) is 20.1. The molecule has 16 heavy (non-hydrogen) atoms. The zero-order valence-corrected chi connectivity index (χ0v) is 10.1. The van der Waals surface area contributed by atoms with Crippen molar-refractivity contribution in [2.45, 2.75) is 27.2 Å². The molecule has 0 rings (SSSR count). The fraction of sp³-hybridized carbons (Fsp3) is 0.818. The highest BCUT2D eigenvalue weighted by Gasteiger charge is 2.25. The van der Waals surface area contributed by atoms with Crippen LogP contribution in [0.5, 0.6) is 0 Å². The summed E-state index contributed by atoms with van der Waals surface area (Å²) in [6.45, 7) is 5.60. The van der Waals surface area contributed by atoms with Crippen LogP contribution < -0.4 is 5.32 Å². The molecule has 0 aliphatic rings. The first-order valence-corrected chi connectivity index (χ1v) is 5.51. The number of carbonyl (C=O) groups excluding carboxylic acids is 1. The molecule has 3 unspecified atom stereocenters. The van der Waals surface area contributed by atoms with Crippen molar-refractivity contribution in [1.29, 1.82) is 0 Å². The monoisotopic (exact) mass is 231 g/mol. The predicted octanol–water partition coefficient (Wildman–Crippen LogP) is 0.478. The molecule has 5 nitrogen and oxygen atoms in total. The minimum absolute atomic E-state index is 0.0954. The first-order valence-electron chi connectivity index (χ1n) is 5.51. The fourth-order valence-corrected chi connectivity index (χ4v) is 1.20. The van der Waals surface area contributed by atoms with Crippen molar-refractivity contribution in [3.63, 3.8) is 0 Å². The van der Waals surface area contributed by atoms with E-state index in [4.69, 9.17) is 10.2 Å². The maximum atomic E-state index is 11.6. The Bertz CT molecular complexity index is 242. The number of aliphatic carboxylic acids is 1. The molecule has 0 aromatic heterocycles. The van der Waals surface area contributed by atoms with E-state index in [0.29, 0.717) is 13.0 Å². The predicted molar refractivity (Wildman–Crippen MR) is 59.8 cm³/mol. The average Bonchev–Trinajstić information content (AvgIpc) is 2.24. The van der Waals surface area contributed by atoms with Gasteiger partial charge in [-0.05, 0) is 12.3 Å². The second-order valence-electron chi connectivity index (χ2n) is 4.28. The molecule has 0 heterocycles. The smallest absolute Gasteiger partial charge is 0.307 e. The van der Waals surface area contributed by atoms with Crippen LogP contribution in [-0.2, 0) is 9.59 Å². The van der Waals surface area contributed by atoms with Gasteiger partial charge in [-0.2, -0.15) is 0 Å². The van der Waals surface area contributed by atoms with E-state index in [1.165, 1.54) is 6.92 Å². The Labute approximate surface area is 95.9 Å². The lowest BCUT2D eigenvalue weighted by atomic mass is 9.95. The number of carboxylic acid groups (broad SMARTS) is 1. The SMILES string of the molecule is CC(CCO)CNC(=O)C(C)C(C)C(=O)O. The lowest BCUT2D eigenvalue weighted by Gasteiger charge is -2.17. The highest BCUT2D eigenvalue weighted by molar-refractivity contribution is 5.84. The molecule has 0 fully saturated rings. The second-order valence-corrected chi connectivity index (χ2v) is 4.28. The number of amides is 1. The lowest BCUT2D eigenvalue weighted by Crippen LogP contribution is -2.37. The van der Waals surface area contributed by atoms with Gasteiger partial charge in [-0.25, -0.2) is 0 Å². The van der Waals surface area contributed by atoms with Crippen molar-refractivity contribution >= 4 is 11.9 Å². The van der Waals surface area contributed by atoms with Crippen molar-refractivity contribution in [3.05, 3.63) is 0 Å². The quantitative estimate of drug-likeness (QED) is 0.594. The van der Waals surface area contributed by atoms with E-state index < -0.39 is 17.8 Å². The zero-order chi connectivity index (χ0) is 12.7. The standard InChI is InChI=1S/C11H21NO4/c1-7(4-5-13)6-12-10(14)8(2)9(3)11(15)16/h7-9,13H,4-6H2,1-3H3,(H,12,14)(H,15,16). The molecule has 0 aliphatic heterocycles. The van der Waals surface area contributed by atoms with E-state index in [0.717, 1.165) is 0 Å². The number of hydrogen-bond acceptors (Lipinski definition) is 3. The molecule has 3 N–H and O–H groups in total. The van der Waals surface area contributed by atoms with Gasteiger partial charge in [-0.15, -0.1) is 0 Å². The van der Waals surface area contributed by atoms with E-state index in [1.807, 2.05) is 6.92 Å². The minimum Gasteiger partial charge on any atom is -0.481 e. The zero-order valence-electron chi connectivity index (χ0n) is 10.1. The third kappa shape index (κ3) is 5.11. The summed E-state index contributed by atoms with van der Waals surface area (Å²) in [7, 11) is 0. The topological polar surface area (TPSA) is 86.6 Å². The lowest BCUT2D eigenvalue weighted by molar-refractivity contribution is -0.146. The first-order chi connectivity index (χ1) is 7.40. The minimum atomic E-state index is -0.967. The van der Waals surface area contributed by atoms with Crippen LogP contribution in [0.4, 0.5) is 0 Å². The van der Waals surface area contributed by atoms with Gasteiger partial charge in [0.15, 0.2) is 0 Å². The molecule has 0 bridgehead atoms. The Morgan fingerprint density at radius 3 is 2.19 bits per heavy atom. The maximum Gasteiger partial charge on any atom is 0.307 e. The fourth-order valence-electron chi connectivity index (χ4n) is 1.20. The molecule has 1 amide bonds. The molecule has 0 saturated carbocycles. The Kier molecular flexibility index (Phi) is 6.72. The summed E-state index contributed by atoms with van der Waals surface area (Å²) in [6, 6.07) is 0. The average molecular weight is 231 g/mol. The molecule has 94 valence electrons.